The number of aliphatic imine (C=N–C) groups is 2. The van der Waals surface area contributed by atoms with E-state index in [-0.39, 0.29) is 97.0 Å². The Morgan fingerprint density at radius 1 is 0.329 bits per heavy atom. The second-order valence-corrected chi connectivity index (χ2v) is 21.1. The van der Waals surface area contributed by atoms with Crippen LogP contribution in [0.3, 0.4) is 0 Å². The standard InChI is InChI=1S/2C29H43N2.6CH3.2Zr/c2*1-18(2)23-14-12-15-24(19(3)4)27(23)30-22(9)29(10,11)31-28-25(20(5)6)16-13-17-26(28)21(7)8;;;;;;;;/h2*12-21H,1-11H3;6*1H3;;/q8*-1;2*+4. The van der Waals surface area contributed by atoms with Gasteiger partial charge >= 0.3 is 52.4 Å². The summed E-state index contributed by atoms with van der Waals surface area (Å²) in [5, 5.41) is 10.7. The molecule has 4 nitrogen and oxygen atoms in total. The van der Waals surface area contributed by atoms with E-state index in [2.05, 4.69) is 225 Å². The van der Waals surface area contributed by atoms with Crippen LogP contribution in [0.25, 0.3) is 10.6 Å². The molecular formula is C64H104N4Zr2. The molecule has 4 aromatic rings. The minimum Gasteiger partial charge on any atom is -0.674 e. The molecule has 0 aliphatic rings. The van der Waals surface area contributed by atoms with E-state index in [4.69, 9.17) is 20.6 Å². The van der Waals surface area contributed by atoms with E-state index in [1.165, 1.54) is 44.5 Å². The first-order valence-electron chi connectivity index (χ1n) is 23.8. The Balaban J connectivity index is -0.000000263. The van der Waals surface area contributed by atoms with Crippen molar-refractivity contribution >= 4 is 34.2 Å². The summed E-state index contributed by atoms with van der Waals surface area (Å²) in [6.07, 6.45) is 0. The van der Waals surface area contributed by atoms with Crippen molar-refractivity contribution in [1.29, 1.82) is 0 Å². The van der Waals surface area contributed by atoms with Gasteiger partial charge in [-0.2, -0.15) is 0 Å². The van der Waals surface area contributed by atoms with Crippen LogP contribution in [0.2, 0.25) is 0 Å². The Labute approximate surface area is 476 Å². The van der Waals surface area contributed by atoms with Gasteiger partial charge in [0.15, 0.2) is 0 Å². The first-order chi connectivity index (χ1) is 28.7. The molecule has 0 spiro atoms. The number of benzene rings is 4. The Kier molecular flexibility index (Phi) is 38.5. The average Bonchev–Trinajstić information content (AvgIpc) is 3.17. The van der Waals surface area contributed by atoms with Crippen molar-refractivity contribution in [3.8, 4) is 0 Å². The van der Waals surface area contributed by atoms with Crippen molar-refractivity contribution in [2.24, 2.45) is 9.98 Å². The van der Waals surface area contributed by atoms with Gasteiger partial charge in [0.05, 0.1) is 11.4 Å². The van der Waals surface area contributed by atoms with Crippen molar-refractivity contribution in [3.05, 3.63) is 172 Å². The van der Waals surface area contributed by atoms with Crippen LogP contribution in [0.4, 0.5) is 22.7 Å². The monoisotopic (exact) mass is 1110 g/mol. The molecule has 0 aliphatic heterocycles. The summed E-state index contributed by atoms with van der Waals surface area (Å²) in [6, 6.07) is 26.5. The summed E-state index contributed by atoms with van der Waals surface area (Å²) in [7, 11) is 0. The fourth-order valence-electron chi connectivity index (χ4n) is 7.89. The molecule has 0 atom stereocenters. The van der Waals surface area contributed by atoms with Crippen molar-refractivity contribution in [1.82, 2.24) is 0 Å². The number of para-hydroxylation sites is 4. The molecule has 0 bridgehead atoms. The fourth-order valence-corrected chi connectivity index (χ4v) is 7.89. The SMILES string of the molecule is CC(=Nc1c(C(C)C)cccc1C(C)C)C(C)(C)[N-]c1c(C(C)C)cccc1C(C)C.CC(=Nc1c(C(C)C)cccc1C(C)C)C(C)(C)[N-]c1c(C(C)C)cccc1C(C)C.[CH3-].[CH3-].[CH3-].[CH3-].[CH3-].[CH3-].[Zr+4].[Zr+4]. The first kappa shape index (κ1) is 79.0. The fraction of sp³-hybridized carbons (Fsp3) is 0.500. The average molecular weight is 1110 g/mol. The van der Waals surface area contributed by atoms with Gasteiger partial charge in [-0.3, -0.25) is 9.98 Å². The van der Waals surface area contributed by atoms with Gasteiger partial charge in [0, 0.05) is 11.4 Å². The van der Waals surface area contributed by atoms with Gasteiger partial charge in [0.2, 0.25) is 0 Å². The molecule has 0 saturated heterocycles. The van der Waals surface area contributed by atoms with Crippen LogP contribution in [0.15, 0.2) is 82.8 Å². The minimum atomic E-state index is -0.396. The molecule has 0 saturated carbocycles. The molecule has 4 rings (SSSR count). The Bertz CT molecular complexity index is 1890. The summed E-state index contributed by atoms with van der Waals surface area (Å²) < 4.78 is 0. The topological polar surface area (TPSA) is 52.9 Å². The molecule has 0 heterocycles. The van der Waals surface area contributed by atoms with E-state index in [1.807, 2.05) is 0 Å². The maximum atomic E-state index is 5.35. The van der Waals surface area contributed by atoms with E-state index in [0.29, 0.717) is 47.3 Å². The number of nitrogens with zero attached hydrogens (tertiary/aromatic N) is 4. The molecule has 0 amide bonds. The Hall–Kier alpha value is -2.41. The van der Waals surface area contributed by atoms with Gasteiger partial charge in [-0.25, -0.2) is 0 Å². The van der Waals surface area contributed by atoms with Crippen LogP contribution < -0.4 is 0 Å². The van der Waals surface area contributed by atoms with Gasteiger partial charge in [0.1, 0.15) is 0 Å². The Morgan fingerprint density at radius 3 is 0.643 bits per heavy atom. The zero-order valence-corrected chi connectivity index (χ0v) is 55.3. The van der Waals surface area contributed by atoms with Gasteiger partial charge in [0.25, 0.3) is 0 Å². The second-order valence-electron chi connectivity index (χ2n) is 21.1. The molecule has 388 valence electrons. The largest absolute Gasteiger partial charge is 4.00 e. The predicted molar refractivity (Wildman–Crippen MR) is 317 cm³/mol. The van der Waals surface area contributed by atoms with Crippen LogP contribution in [-0.4, -0.2) is 22.5 Å². The summed E-state index contributed by atoms with van der Waals surface area (Å²) >= 11 is 0. The van der Waals surface area contributed by atoms with E-state index >= 15 is 0 Å². The third-order valence-electron chi connectivity index (χ3n) is 12.5. The molecule has 70 heavy (non-hydrogen) atoms. The number of hydrogen-bond donors (Lipinski definition) is 0. The molecular weight excluding hydrogens is 1010 g/mol. The van der Waals surface area contributed by atoms with E-state index in [1.54, 1.807) is 0 Å². The molecule has 0 N–H and O–H groups in total. The van der Waals surface area contributed by atoms with Crippen LogP contribution in [-0.2, 0) is 52.4 Å². The Morgan fingerprint density at radius 2 is 0.486 bits per heavy atom. The van der Waals surface area contributed by atoms with E-state index in [0.717, 1.165) is 34.2 Å². The minimum absolute atomic E-state index is 0. The third-order valence-corrected chi connectivity index (χ3v) is 12.5. The van der Waals surface area contributed by atoms with Crippen LogP contribution in [0.5, 0.6) is 0 Å². The summed E-state index contributed by atoms with van der Waals surface area (Å²) in [6.45, 7) is 49.0. The smallest absolute Gasteiger partial charge is 0.674 e. The molecule has 0 unspecified atom stereocenters. The van der Waals surface area contributed by atoms with Crippen molar-refractivity contribution < 1.29 is 52.4 Å². The molecule has 0 aromatic heterocycles. The van der Waals surface area contributed by atoms with Crippen molar-refractivity contribution in [2.45, 2.75) is 211 Å². The van der Waals surface area contributed by atoms with Crippen LogP contribution >= 0.6 is 0 Å². The molecule has 6 heteroatoms. The third kappa shape index (κ3) is 20.5. The zero-order chi connectivity index (χ0) is 47.0. The van der Waals surface area contributed by atoms with E-state index < -0.39 is 11.1 Å². The maximum absolute atomic E-state index is 5.35. The summed E-state index contributed by atoms with van der Waals surface area (Å²) in [4.78, 5) is 10.5. The van der Waals surface area contributed by atoms with Crippen molar-refractivity contribution in [2.75, 3.05) is 0 Å². The molecule has 0 fully saturated rings. The predicted octanol–water partition coefficient (Wildman–Crippen LogP) is 22.2. The number of rotatable bonds is 16. The quantitative estimate of drug-likeness (QED) is 0.0793. The van der Waals surface area contributed by atoms with Crippen molar-refractivity contribution in [3.63, 3.8) is 0 Å². The summed E-state index contributed by atoms with van der Waals surface area (Å²) in [5.74, 6) is 3.44. The molecule has 0 aliphatic carbocycles. The normalized spacial score (nSPS) is 11.6. The van der Waals surface area contributed by atoms with E-state index in [9.17, 15) is 0 Å². The summed E-state index contributed by atoms with van der Waals surface area (Å²) in [5.41, 5.74) is 16.4. The van der Waals surface area contributed by atoms with Gasteiger partial charge in [-0.15, -0.1) is 11.4 Å². The van der Waals surface area contributed by atoms with Crippen LogP contribution in [0, 0.1) is 44.6 Å². The first-order valence-corrected chi connectivity index (χ1v) is 23.8. The van der Waals surface area contributed by atoms with Gasteiger partial charge in [-0.05, 0) is 83.4 Å². The van der Waals surface area contributed by atoms with Gasteiger partial charge < -0.3 is 55.2 Å². The second kappa shape index (κ2) is 34.1. The molecule has 4 aromatic carbocycles. The molecule has 0 radical (unpaired) electrons. The number of hydrogen-bond acceptors (Lipinski definition) is 2. The maximum Gasteiger partial charge on any atom is 4.00 e. The van der Waals surface area contributed by atoms with Crippen LogP contribution in [0.1, 0.15) is 244 Å². The van der Waals surface area contributed by atoms with Gasteiger partial charge in [-0.1, -0.05) is 245 Å². The zero-order valence-electron chi connectivity index (χ0n) is 50.3.